The fourth-order valence-electron chi connectivity index (χ4n) is 1.73. The number of H-pyrrole nitrogens is 1. The summed E-state index contributed by atoms with van der Waals surface area (Å²) in [6.07, 6.45) is 4.58. The van der Waals surface area contributed by atoms with E-state index in [0.29, 0.717) is 12.4 Å². The van der Waals surface area contributed by atoms with Crippen molar-refractivity contribution in [1.29, 1.82) is 0 Å². The van der Waals surface area contributed by atoms with Crippen LogP contribution in [-0.4, -0.2) is 16.2 Å². The van der Waals surface area contributed by atoms with Crippen LogP contribution in [0.3, 0.4) is 0 Å². The Balaban J connectivity index is 2.08. The Bertz CT molecular complexity index is 795. The van der Waals surface area contributed by atoms with Gasteiger partial charge < -0.3 is 9.72 Å². The number of hydrogen-bond acceptors (Lipinski definition) is 4. The first-order valence-electron chi connectivity index (χ1n) is 6.88. The van der Waals surface area contributed by atoms with Crippen LogP contribution in [0.1, 0.15) is 18.3 Å². The van der Waals surface area contributed by atoms with Crippen molar-refractivity contribution in [3.05, 3.63) is 76.1 Å². The lowest BCUT2D eigenvalue weighted by molar-refractivity contribution is 0.300. The number of aromatic nitrogens is 2. The van der Waals surface area contributed by atoms with Crippen LogP contribution >= 0.6 is 11.6 Å². The molecule has 0 fully saturated rings. The summed E-state index contributed by atoms with van der Waals surface area (Å²) in [5.41, 5.74) is 1.38. The minimum Gasteiger partial charge on any atom is -0.482 e. The van der Waals surface area contributed by atoms with E-state index in [1.165, 1.54) is 12.4 Å². The highest BCUT2D eigenvalue weighted by molar-refractivity contribution is 6.29. The molecule has 0 radical (unpaired) electrons. The Morgan fingerprint density at radius 2 is 2.17 bits per heavy atom. The van der Waals surface area contributed by atoms with Gasteiger partial charge in [0.15, 0.2) is 0 Å². The molecule has 2 rings (SSSR count). The molecule has 0 saturated heterocycles. The summed E-state index contributed by atoms with van der Waals surface area (Å²) in [4.78, 5) is 22.7. The number of aromatic amines is 1. The number of nitrogens with one attached hydrogen (secondary N) is 1. The molecule has 0 aliphatic heterocycles. The van der Waals surface area contributed by atoms with Crippen LogP contribution in [0.5, 0.6) is 5.75 Å². The Hall–Kier alpha value is -2.66. The molecule has 0 unspecified atom stereocenters. The minimum atomic E-state index is -0.336. The van der Waals surface area contributed by atoms with Crippen LogP contribution in [0, 0.1) is 0 Å². The van der Waals surface area contributed by atoms with E-state index in [1.54, 1.807) is 13.0 Å². The maximum Gasteiger partial charge on any atom is 0.293 e. The summed E-state index contributed by atoms with van der Waals surface area (Å²) >= 11 is 5.53. The molecule has 1 heterocycles. The van der Waals surface area contributed by atoms with Gasteiger partial charge in [-0.25, -0.2) is 9.98 Å². The SMILES string of the molecule is C=C(Cl)N=C/C=C(\C)c1ncc(OCc2ccccc2)c(=O)[nH]1. The van der Waals surface area contributed by atoms with E-state index in [1.807, 2.05) is 30.3 Å². The molecule has 2 aromatic rings. The van der Waals surface area contributed by atoms with E-state index in [4.69, 9.17) is 16.3 Å². The van der Waals surface area contributed by atoms with Gasteiger partial charge in [-0.1, -0.05) is 48.5 Å². The second-order valence-electron chi connectivity index (χ2n) is 4.70. The van der Waals surface area contributed by atoms with Gasteiger partial charge in [0.25, 0.3) is 5.56 Å². The molecule has 1 aromatic heterocycles. The summed E-state index contributed by atoms with van der Waals surface area (Å²) in [7, 11) is 0. The second kappa shape index (κ2) is 8.10. The summed E-state index contributed by atoms with van der Waals surface area (Å²) < 4.78 is 5.49. The number of rotatable bonds is 6. The van der Waals surface area contributed by atoms with Gasteiger partial charge in [-0.3, -0.25) is 4.79 Å². The highest BCUT2D eigenvalue weighted by Crippen LogP contribution is 2.10. The summed E-state index contributed by atoms with van der Waals surface area (Å²) in [5.74, 6) is 0.613. The average Bonchev–Trinajstić information content (AvgIpc) is 2.54. The number of halogens is 1. The first-order valence-corrected chi connectivity index (χ1v) is 7.26. The van der Waals surface area contributed by atoms with Crippen LogP contribution < -0.4 is 10.3 Å². The third-order valence-electron chi connectivity index (χ3n) is 2.92. The van der Waals surface area contributed by atoms with Crippen LogP contribution in [-0.2, 0) is 6.61 Å². The molecule has 0 aliphatic rings. The Kier molecular flexibility index (Phi) is 5.88. The molecule has 0 amide bonds. The van der Waals surface area contributed by atoms with E-state index in [2.05, 4.69) is 21.5 Å². The number of ether oxygens (including phenoxy) is 1. The minimum absolute atomic E-state index is 0.174. The molecule has 1 N–H and O–H groups in total. The lowest BCUT2D eigenvalue weighted by Crippen LogP contribution is -2.14. The predicted octanol–water partition coefficient (Wildman–Crippen LogP) is 3.53. The molecule has 0 bridgehead atoms. The summed E-state index contributed by atoms with van der Waals surface area (Å²) in [6, 6.07) is 9.59. The number of nitrogens with zero attached hydrogens (tertiary/aromatic N) is 2. The van der Waals surface area contributed by atoms with E-state index in [-0.39, 0.29) is 16.5 Å². The van der Waals surface area contributed by atoms with Crippen molar-refractivity contribution in [2.45, 2.75) is 13.5 Å². The quantitative estimate of drug-likeness (QED) is 0.651. The number of benzene rings is 1. The van der Waals surface area contributed by atoms with Gasteiger partial charge in [0.2, 0.25) is 5.75 Å². The summed E-state index contributed by atoms with van der Waals surface area (Å²) in [5, 5.41) is 0.181. The van der Waals surface area contributed by atoms with Crippen molar-refractivity contribution in [1.82, 2.24) is 9.97 Å². The molecule has 0 saturated carbocycles. The molecule has 6 heteroatoms. The molecule has 118 valence electrons. The van der Waals surface area contributed by atoms with Crippen LogP contribution in [0.15, 0.2) is 64.1 Å². The van der Waals surface area contributed by atoms with Gasteiger partial charge in [0.1, 0.15) is 17.6 Å². The largest absolute Gasteiger partial charge is 0.482 e. The Morgan fingerprint density at radius 3 is 2.83 bits per heavy atom. The van der Waals surface area contributed by atoms with Gasteiger partial charge >= 0.3 is 0 Å². The van der Waals surface area contributed by atoms with Crippen molar-refractivity contribution in [3.63, 3.8) is 0 Å². The van der Waals surface area contributed by atoms with Crippen LogP contribution in [0.4, 0.5) is 0 Å². The molecular formula is C17H16ClN3O2. The highest BCUT2D eigenvalue weighted by Gasteiger charge is 2.05. The molecule has 1 aromatic carbocycles. The first-order chi connectivity index (χ1) is 11.1. The average molecular weight is 330 g/mol. The number of hydrogen-bond donors (Lipinski definition) is 1. The van der Waals surface area contributed by atoms with Gasteiger partial charge in [-0.2, -0.15) is 0 Å². The molecule has 0 aliphatic carbocycles. The number of aliphatic imine (C=N–C) groups is 1. The maximum absolute atomic E-state index is 12.0. The zero-order chi connectivity index (χ0) is 16.7. The van der Waals surface area contributed by atoms with Crippen molar-refractivity contribution in [2.75, 3.05) is 0 Å². The van der Waals surface area contributed by atoms with Crippen molar-refractivity contribution in [3.8, 4) is 5.75 Å². The first kappa shape index (κ1) is 16.7. The lowest BCUT2D eigenvalue weighted by Gasteiger charge is -2.06. The lowest BCUT2D eigenvalue weighted by atomic mass is 10.2. The van der Waals surface area contributed by atoms with E-state index in [9.17, 15) is 4.79 Å². The van der Waals surface area contributed by atoms with Crippen molar-refractivity contribution >= 4 is 23.4 Å². The molecule has 23 heavy (non-hydrogen) atoms. The van der Waals surface area contributed by atoms with Crippen LogP contribution in [0.25, 0.3) is 5.57 Å². The third kappa shape index (κ3) is 5.23. The number of allylic oxidation sites excluding steroid dienone is 2. The normalized spacial score (nSPS) is 11.7. The molecule has 0 atom stereocenters. The fraction of sp³-hybridized carbons (Fsp3) is 0.118. The zero-order valence-electron chi connectivity index (χ0n) is 12.6. The maximum atomic E-state index is 12.0. The standard InChI is InChI=1S/C17H16ClN3O2/c1-12(8-9-19-13(2)18)16-20-10-15(17(22)21-16)23-11-14-6-4-3-5-7-14/h3-10H,2,11H2,1H3,(H,20,21,22)/b12-8+,19-9?. The Labute approximate surface area is 139 Å². The van der Waals surface area contributed by atoms with Gasteiger partial charge in [0, 0.05) is 6.21 Å². The smallest absolute Gasteiger partial charge is 0.293 e. The van der Waals surface area contributed by atoms with E-state index < -0.39 is 0 Å². The predicted molar refractivity (Wildman–Crippen MR) is 92.8 cm³/mol. The van der Waals surface area contributed by atoms with Crippen molar-refractivity contribution < 1.29 is 4.74 Å². The van der Waals surface area contributed by atoms with Crippen LogP contribution in [0.2, 0.25) is 0 Å². The second-order valence-corrected chi connectivity index (χ2v) is 5.14. The van der Waals surface area contributed by atoms with Crippen molar-refractivity contribution in [2.24, 2.45) is 4.99 Å². The molecule has 5 nitrogen and oxygen atoms in total. The molecule has 0 spiro atoms. The molecular weight excluding hydrogens is 314 g/mol. The zero-order valence-corrected chi connectivity index (χ0v) is 13.4. The Morgan fingerprint density at radius 1 is 1.43 bits per heavy atom. The van der Waals surface area contributed by atoms with Gasteiger partial charge in [-0.15, -0.1) is 0 Å². The fourth-order valence-corrected chi connectivity index (χ4v) is 1.79. The topological polar surface area (TPSA) is 67.3 Å². The van der Waals surface area contributed by atoms with Gasteiger partial charge in [0.05, 0.1) is 6.20 Å². The monoisotopic (exact) mass is 329 g/mol. The summed E-state index contributed by atoms with van der Waals surface area (Å²) in [6.45, 7) is 5.55. The van der Waals surface area contributed by atoms with E-state index in [0.717, 1.165) is 11.1 Å². The van der Waals surface area contributed by atoms with Gasteiger partial charge in [-0.05, 0) is 24.1 Å². The highest BCUT2D eigenvalue weighted by atomic mass is 35.5. The van der Waals surface area contributed by atoms with E-state index >= 15 is 0 Å². The third-order valence-corrected chi connectivity index (χ3v) is 3.01.